The summed E-state index contributed by atoms with van der Waals surface area (Å²) in [7, 11) is 1.41. The molecular formula is C54H65F2N11O11. The minimum atomic E-state index is -1.75. The van der Waals surface area contributed by atoms with Crippen LogP contribution in [0.2, 0.25) is 0 Å². The summed E-state index contributed by atoms with van der Waals surface area (Å²) in [4.78, 5) is 138. The van der Waals surface area contributed by atoms with Crippen LogP contribution in [0.5, 0.6) is 0 Å². The highest BCUT2D eigenvalue weighted by Gasteiger charge is 2.39. The van der Waals surface area contributed by atoms with Gasteiger partial charge < -0.3 is 51.8 Å². The van der Waals surface area contributed by atoms with Gasteiger partial charge in [0.1, 0.15) is 49.0 Å². The zero-order chi connectivity index (χ0) is 57.4. The molecule has 22 nitrogen and oxygen atoms in total. The standard InChI is InChI=1S/C54H65F2N11O11/c1-32(61-51(76)33(2)64(6)47(73)24-34-16-19-58-20-17-34)50(75)63-41(27-43(57)69)53(78)62-40(52(77)60-22-21-59-44(70)30-67-45(71)14-15-46(67)72)18-23-66(48(74)31-68)49(54(3,4)5)42-25-36(38-26-37(55)12-13-39(38)56)29-65(42)28-35-10-8-7-9-11-35/h7-17,19-20,25-26,29,32-33,40-41,49,68H,18,21-24,27-28,30-31H2,1-6H3,(H2,57,69)(H,59,70)(H,60,77)(H,61,76)(H,62,78)(H,63,75). The summed E-state index contributed by atoms with van der Waals surface area (Å²) in [6, 6.07) is 10.3. The number of amides is 10. The van der Waals surface area contributed by atoms with Crippen molar-refractivity contribution in [3.63, 3.8) is 0 Å². The van der Waals surface area contributed by atoms with E-state index in [-0.39, 0.29) is 43.7 Å². The highest BCUT2D eigenvalue weighted by Crippen LogP contribution is 2.41. The molecular weight excluding hydrogens is 1020 g/mol. The van der Waals surface area contributed by atoms with E-state index in [0.29, 0.717) is 16.2 Å². The molecule has 416 valence electrons. The number of imide groups is 1. The average Bonchev–Trinajstić information content (AvgIpc) is 3.95. The number of nitrogens with zero attached hydrogens (tertiary/aromatic N) is 5. The second-order valence-corrected chi connectivity index (χ2v) is 19.7. The molecule has 0 saturated heterocycles. The van der Waals surface area contributed by atoms with Crippen molar-refractivity contribution in [3.05, 3.63) is 126 Å². The predicted octanol–water partition coefficient (Wildman–Crippen LogP) is 0.772. The SMILES string of the molecule is CC(NC(=O)C(C)N(C)C(=O)Cc1ccncc1)C(=O)NC(CC(N)=O)C(=O)NC(CCN(C(=O)CO)C(c1cc(-c2cc(F)ccc2F)cn1Cc1ccccc1)C(C)(C)C)C(=O)NCCNC(=O)CN1C(=O)C=CC1=O. The number of pyridine rings is 1. The fraction of sp³-hybridized carbons (Fsp3) is 0.389. The van der Waals surface area contributed by atoms with Gasteiger partial charge in [-0.3, -0.25) is 57.8 Å². The van der Waals surface area contributed by atoms with Gasteiger partial charge in [-0.1, -0.05) is 51.1 Å². The molecule has 10 amide bonds. The van der Waals surface area contributed by atoms with Gasteiger partial charge in [0, 0.05) is 80.8 Å². The molecule has 4 aromatic rings. The molecule has 2 aromatic heterocycles. The fourth-order valence-electron chi connectivity index (χ4n) is 8.51. The largest absolute Gasteiger partial charge is 0.387 e. The number of likely N-dealkylation sites (N-methyl/N-ethyl adjacent to an activating group) is 1. The fourth-order valence-corrected chi connectivity index (χ4v) is 8.51. The molecule has 5 atom stereocenters. The van der Waals surface area contributed by atoms with Crippen LogP contribution in [0.3, 0.4) is 0 Å². The zero-order valence-corrected chi connectivity index (χ0v) is 44.1. The van der Waals surface area contributed by atoms with Crippen LogP contribution >= 0.6 is 0 Å². The third-order valence-electron chi connectivity index (χ3n) is 12.7. The summed E-state index contributed by atoms with van der Waals surface area (Å²) in [5.74, 6) is -9.53. The van der Waals surface area contributed by atoms with Crippen LogP contribution in [0.4, 0.5) is 8.78 Å². The number of halogens is 2. The molecule has 1 aliphatic rings. The van der Waals surface area contributed by atoms with E-state index < -0.39 is 132 Å². The number of nitrogens with one attached hydrogen (secondary N) is 5. The van der Waals surface area contributed by atoms with E-state index in [1.165, 1.54) is 43.1 Å². The quantitative estimate of drug-likeness (QED) is 0.0339. The van der Waals surface area contributed by atoms with Crippen molar-refractivity contribution in [2.45, 2.75) is 90.6 Å². The van der Waals surface area contributed by atoms with E-state index in [1.54, 1.807) is 49.7 Å². The number of aliphatic hydroxyl groups excluding tert-OH is 1. The number of benzene rings is 2. The number of hydrogen-bond donors (Lipinski definition) is 7. The first kappa shape index (κ1) is 60.2. The Morgan fingerprint density at radius 1 is 0.769 bits per heavy atom. The maximum Gasteiger partial charge on any atom is 0.254 e. The first-order valence-corrected chi connectivity index (χ1v) is 24.9. The van der Waals surface area contributed by atoms with Crippen LogP contribution in [0.15, 0.2) is 97.5 Å². The first-order chi connectivity index (χ1) is 36.9. The monoisotopic (exact) mass is 1080 g/mol. The highest BCUT2D eigenvalue weighted by molar-refractivity contribution is 6.14. The summed E-state index contributed by atoms with van der Waals surface area (Å²) >= 11 is 0. The summed E-state index contributed by atoms with van der Waals surface area (Å²) < 4.78 is 31.8. The van der Waals surface area contributed by atoms with Crippen molar-refractivity contribution in [3.8, 4) is 11.1 Å². The number of primary amides is 1. The Balaban J connectivity index is 1.41. The first-order valence-electron chi connectivity index (χ1n) is 24.9. The number of nitrogens with two attached hydrogens (primary N) is 1. The number of rotatable bonds is 26. The van der Waals surface area contributed by atoms with Crippen molar-refractivity contribution >= 4 is 59.1 Å². The zero-order valence-electron chi connectivity index (χ0n) is 44.1. The van der Waals surface area contributed by atoms with Crippen molar-refractivity contribution in [2.75, 3.05) is 39.8 Å². The molecule has 0 saturated carbocycles. The van der Waals surface area contributed by atoms with Gasteiger partial charge in [0.25, 0.3) is 11.8 Å². The number of carbonyl (C=O) groups excluding carboxylic acids is 10. The van der Waals surface area contributed by atoms with Crippen LogP contribution in [-0.4, -0.2) is 152 Å². The second kappa shape index (κ2) is 27.4. The normalized spacial score (nSPS) is 14.1. The van der Waals surface area contributed by atoms with Crippen molar-refractivity contribution in [1.82, 2.24) is 50.8 Å². The maximum atomic E-state index is 15.4. The molecule has 0 radical (unpaired) electrons. The molecule has 8 N–H and O–H groups in total. The Labute approximate surface area is 449 Å². The van der Waals surface area contributed by atoms with Gasteiger partial charge in [-0.2, -0.15) is 0 Å². The van der Waals surface area contributed by atoms with Crippen molar-refractivity contribution in [2.24, 2.45) is 11.1 Å². The van der Waals surface area contributed by atoms with E-state index >= 15 is 4.39 Å². The number of aliphatic hydroxyl groups is 1. The topological polar surface area (TPSA) is 305 Å². The van der Waals surface area contributed by atoms with Crippen LogP contribution in [0.1, 0.15) is 70.3 Å². The Kier molecular flexibility index (Phi) is 21.1. The average molecular weight is 1080 g/mol. The Bertz CT molecular complexity index is 2880. The number of hydrogen-bond acceptors (Lipinski definition) is 12. The van der Waals surface area contributed by atoms with Gasteiger partial charge in [0.2, 0.25) is 47.3 Å². The lowest BCUT2D eigenvalue weighted by molar-refractivity contribution is -0.141. The van der Waals surface area contributed by atoms with Crippen LogP contribution in [-0.2, 0) is 60.9 Å². The minimum absolute atomic E-state index is 0.0352. The molecule has 5 unspecified atom stereocenters. The molecule has 2 aromatic carbocycles. The summed E-state index contributed by atoms with van der Waals surface area (Å²) in [5, 5.41) is 22.9. The predicted molar refractivity (Wildman–Crippen MR) is 278 cm³/mol. The van der Waals surface area contributed by atoms with Gasteiger partial charge in [-0.05, 0) is 73.2 Å². The van der Waals surface area contributed by atoms with E-state index in [4.69, 9.17) is 5.73 Å². The van der Waals surface area contributed by atoms with Gasteiger partial charge in [-0.15, -0.1) is 0 Å². The Morgan fingerprint density at radius 3 is 2.04 bits per heavy atom. The third kappa shape index (κ3) is 16.7. The van der Waals surface area contributed by atoms with Crippen molar-refractivity contribution < 1.29 is 61.8 Å². The van der Waals surface area contributed by atoms with Gasteiger partial charge in [0.05, 0.1) is 18.9 Å². The van der Waals surface area contributed by atoms with Crippen molar-refractivity contribution in [1.29, 1.82) is 0 Å². The molecule has 3 heterocycles. The van der Waals surface area contributed by atoms with E-state index in [1.807, 2.05) is 30.3 Å². The van der Waals surface area contributed by atoms with Gasteiger partial charge in [-0.25, -0.2) is 8.78 Å². The molecule has 24 heteroatoms. The smallest absolute Gasteiger partial charge is 0.254 e. The summed E-state index contributed by atoms with van der Waals surface area (Å²) in [6.07, 6.45) is 5.41. The van der Waals surface area contributed by atoms with E-state index in [2.05, 4.69) is 31.6 Å². The highest BCUT2D eigenvalue weighted by atomic mass is 19.1. The lowest BCUT2D eigenvalue weighted by Crippen LogP contribution is -2.58. The molecule has 0 aliphatic carbocycles. The second-order valence-electron chi connectivity index (χ2n) is 19.7. The Hall–Kier alpha value is -8.67. The molecule has 78 heavy (non-hydrogen) atoms. The van der Waals surface area contributed by atoms with Gasteiger partial charge >= 0.3 is 0 Å². The number of aromatic nitrogens is 2. The lowest BCUT2D eigenvalue weighted by Gasteiger charge is -2.41. The molecule has 1 aliphatic heterocycles. The molecule has 5 rings (SSSR count). The van der Waals surface area contributed by atoms with E-state index in [9.17, 15) is 57.4 Å². The summed E-state index contributed by atoms with van der Waals surface area (Å²) in [6.45, 7) is 5.79. The van der Waals surface area contributed by atoms with Crippen LogP contribution < -0.4 is 32.3 Å². The molecule has 0 fully saturated rings. The maximum absolute atomic E-state index is 15.4. The lowest BCUT2D eigenvalue weighted by atomic mass is 9.82. The van der Waals surface area contributed by atoms with Gasteiger partial charge in [0.15, 0.2) is 0 Å². The third-order valence-corrected chi connectivity index (χ3v) is 12.7. The number of carbonyl (C=O) groups is 10. The molecule has 0 spiro atoms. The summed E-state index contributed by atoms with van der Waals surface area (Å²) in [5.41, 5.74) is 6.70. The minimum Gasteiger partial charge on any atom is -0.387 e. The van der Waals surface area contributed by atoms with E-state index in [0.717, 1.165) is 35.9 Å². The van der Waals surface area contributed by atoms with Crippen LogP contribution in [0, 0.1) is 17.0 Å². The molecule has 0 bridgehead atoms. The Morgan fingerprint density at radius 2 is 1.41 bits per heavy atom. The van der Waals surface area contributed by atoms with Crippen LogP contribution in [0.25, 0.3) is 11.1 Å².